The number of hydrogen-bond donors (Lipinski definition) is 0. The largest absolute Gasteiger partial charge is 0.493 e. The van der Waals surface area contributed by atoms with Crippen molar-refractivity contribution in [3.63, 3.8) is 0 Å². The van der Waals surface area contributed by atoms with E-state index >= 15 is 0 Å². The van der Waals surface area contributed by atoms with Crippen molar-refractivity contribution in [1.82, 2.24) is 4.90 Å². The zero-order chi connectivity index (χ0) is 23.3. The molecule has 0 radical (unpaired) electrons. The van der Waals surface area contributed by atoms with Crippen LogP contribution in [0.25, 0.3) is 6.08 Å². The van der Waals surface area contributed by atoms with Gasteiger partial charge in [-0.25, -0.2) is 9.18 Å². The molecule has 2 aromatic carbocycles. The first-order valence-corrected chi connectivity index (χ1v) is 10.7. The van der Waals surface area contributed by atoms with Crippen LogP contribution in [0.4, 0.5) is 9.18 Å². The predicted molar refractivity (Wildman–Crippen MR) is 118 cm³/mol. The Labute approximate surface area is 193 Å². The zero-order valence-corrected chi connectivity index (χ0v) is 18.8. The molecule has 0 saturated carbocycles. The Kier molecular flexibility index (Phi) is 7.76. The summed E-state index contributed by atoms with van der Waals surface area (Å²) < 4.78 is 28.8. The molecule has 168 valence electrons. The molecule has 1 saturated heterocycles. The summed E-state index contributed by atoms with van der Waals surface area (Å²) in [6.07, 6.45) is 1.55. The third-order valence-electron chi connectivity index (χ3n) is 4.35. The Bertz CT molecular complexity index is 1090. The lowest BCUT2D eigenvalue weighted by Crippen LogP contribution is -2.27. The van der Waals surface area contributed by atoms with Crippen molar-refractivity contribution >= 4 is 46.6 Å². The Morgan fingerprint density at radius 1 is 1.19 bits per heavy atom. The van der Waals surface area contributed by atoms with Gasteiger partial charge in [-0.2, -0.15) is 0 Å². The van der Waals surface area contributed by atoms with Crippen LogP contribution in [-0.4, -0.2) is 42.3 Å². The maximum atomic E-state index is 13.2. The summed E-state index contributed by atoms with van der Waals surface area (Å²) in [7, 11) is 1.44. The molecule has 3 rings (SSSR count). The average molecular weight is 480 g/mol. The maximum Gasteiger partial charge on any atom is 0.344 e. The van der Waals surface area contributed by atoms with Gasteiger partial charge in [0.05, 0.1) is 25.2 Å². The molecule has 1 aliphatic rings. The number of nitrogens with zero attached hydrogens (tertiary/aromatic N) is 1. The van der Waals surface area contributed by atoms with Crippen molar-refractivity contribution in [2.24, 2.45) is 0 Å². The minimum atomic E-state index is -0.506. The molecule has 1 fully saturated rings. The number of imide groups is 1. The van der Waals surface area contributed by atoms with Gasteiger partial charge in [0.2, 0.25) is 0 Å². The van der Waals surface area contributed by atoms with Gasteiger partial charge >= 0.3 is 5.97 Å². The SMILES string of the molecule is CCOC(=O)COc1ccc(/C=C2\SC(=O)N(Cc3ccc(F)cc3Cl)C2=O)cc1OC. The third kappa shape index (κ3) is 5.60. The normalized spacial score (nSPS) is 14.8. The Morgan fingerprint density at radius 3 is 2.66 bits per heavy atom. The van der Waals surface area contributed by atoms with Crippen LogP contribution in [0.1, 0.15) is 18.1 Å². The summed E-state index contributed by atoms with van der Waals surface area (Å²) in [4.78, 5) is 37.9. The highest BCUT2D eigenvalue weighted by Crippen LogP contribution is 2.36. The van der Waals surface area contributed by atoms with E-state index in [2.05, 4.69) is 0 Å². The van der Waals surface area contributed by atoms with Crippen molar-refractivity contribution < 1.29 is 33.0 Å². The summed E-state index contributed by atoms with van der Waals surface area (Å²) in [6.45, 7) is 1.61. The first kappa shape index (κ1) is 23.6. The predicted octanol–water partition coefficient (Wildman–Crippen LogP) is 4.67. The van der Waals surface area contributed by atoms with Crippen LogP contribution in [0.2, 0.25) is 5.02 Å². The number of halogens is 2. The number of thioether (sulfide) groups is 1. The highest BCUT2D eigenvalue weighted by atomic mass is 35.5. The van der Waals surface area contributed by atoms with E-state index < -0.39 is 22.9 Å². The molecule has 0 spiro atoms. The van der Waals surface area contributed by atoms with Crippen LogP contribution in [0, 0.1) is 5.82 Å². The lowest BCUT2D eigenvalue weighted by atomic mass is 10.1. The number of benzene rings is 2. The first-order valence-electron chi connectivity index (χ1n) is 9.48. The first-order chi connectivity index (χ1) is 15.3. The number of carbonyl (C=O) groups is 3. The van der Waals surface area contributed by atoms with E-state index in [4.69, 9.17) is 25.8 Å². The standard InChI is InChI=1S/C22H19ClFNO6S/c1-3-30-20(26)12-31-17-7-4-13(8-18(17)29-2)9-19-21(27)25(22(28)32-19)11-14-5-6-15(24)10-16(14)23/h4-10H,3,11-12H2,1-2H3/b19-9-. The number of methoxy groups -OCH3 is 1. The van der Waals surface area contributed by atoms with E-state index in [1.165, 1.54) is 19.2 Å². The van der Waals surface area contributed by atoms with Crippen LogP contribution in [0.3, 0.4) is 0 Å². The quantitative estimate of drug-likeness (QED) is 0.402. The number of ether oxygens (including phenoxy) is 3. The summed E-state index contributed by atoms with van der Waals surface area (Å²) in [5.41, 5.74) is 1.05. The van der Waals surface area contributed by atoms with E-state index in [1.807, 2.05) is 0 Å². The summed E-state index contributed by atoms with van der Waals surface area (Å²) in [5.74, 6) is -0.816. The molecular formula is C22H19ClFNO6S. The number of esters is 1. The fourth-order valence-corrected chi connectivity index (χ4v) is 3.91. The molecular weight excluding hydrogens is 461 g/mol. The molecule has 2 amide bonds. The average Bonchev–Trinajstić information content (AvgIpc) is 3.02. The third-order valence-corrected chi connectivity index (χ3v) is 5.61. The van der Waals surface area contributed by atoms with Gasteiger partial charge in [-0.05, 0) is 60.2 Å². The molecule has 0 atom stereocenters. The molecule has 0 bridgehead atoms. The minimum Gasteiger partial charge on any atom is -0.493 e. The van der Waals surface area contributed by atoms with Gasteiger partial charge in [-0.15, -0.1) is 0 Å². The van der Waals surface area contributed by atoms with E-state index in [9.17, 15) is 18.8 Å². The van der Waals surface area contributed by atoms with E-state index in [0.29, 0.717) is 22.6 Å². The van der Waals surface area contributed by atoms with Gasteiger partial charge in [0, 0.05) is 5.02 Å². The van der Waals surface area contributed by atoms with Crippen molar-refractivity contribution in [3.8, 4) is 11.5 Å². The van der Waals surface area contributed by atoms with Crippen molar-refractivity contribution in [2.45, 2.75) is 13.5 Å². The highest BCUT2D eigenvalue weighted by molar-refractivity contribution is 8.18. The minimum absolute atomic E-state index is 0.0644. The van der Waals surface area contributed by atoms with Gasteiger partial charge < -0.3 is 14.2 Å². The van der Waals surface area contributed by atoms with E-state index in [-0.39, 0.29) is 29.7 Å². The highest BCUT2D eigenvalue weighted by Gasteiger charge is 2.35. The van der Waals surface area contributed by atoms with E-state index in [0.717, 1.165) is 22.7 Å². The van der Waals surface area contributed by atoms with Gasteiger partial charge in [-0.3, -0.25) is 14.5 Å². The van der Waals surface area contributed by atoms with Crippen LogP contribution in [0.5, 0.6) is 11.5 Å². The molecule has 0 aliphatic carbocycles. The Hall–Kier alpha value is -3.04. The maximum absolute atomic E-state index is 13.2. The number of rotatable bonds is 8. The summed E-state index contributed by atoms with van der Waals surface area (Å²) >= 11 is 6.81. The molecule has 10 heteroatoms. The molecule has 7 nitrogen and oxygen atoms in total. The van der Waals surface area contributed by atoms with Crippen LogP contribution >= 0.6 is 23.4 Å². The molecule has 1 aliphatic heterocycles. The van der Waals surface area contributed by atoms with Crippen LogP contribution in [-0.2, 0) is 20.9 Å². The molecule has 0 unspecified atom stereocenters. The Morgan fingerprint density at radius 2 is 1.97 bits per heavy atom. The number of amides is 2. The van der Waals surface area contributed by atoms with Gasteiger partial charge in [0.15, 0.2) is 18.1 Å². The van der Waals surface area contributed by atoms with Crippen molar-refractivity contribution in [3.05, 3.63) is 63.3 Å². The molecule has 32 heavy (non-hydrogen) atoms. The lowest BCUT2D eigenvalue weighted by molar-refractivity contribution is -0.145. The lowest BCUT2D eigenvalue weighted by Gasteiger charge is -2.13. The van der Waals surface area contributed by atoms with E-state index in [1.54, 1.807) is 31.2 Å². The van der Waals surface area contributed by atoms with Crippen molar-refractivity contribution in [1.29, 1.82) is 0 Å². The number of hydrogen-bond acceptors (Lipinski definition) is 7. The molecule has 1 heterocycles. The molecule has 0 aromatic heterocycles. The van der Waals surface area contributed by atoms with Gasteiger partial charge in [-0.1, -0.05) is 23.7 Å². The fourth-order valence-electron chi connectivity index (χ4n) is 2.84. The number of carbonyl (C=O) groups excluding carboxylic acids is 3. The molecule has 0 N–H and O–H groups in total. The topological polar surface area (TPSA) is 82.1 Å². The second-order valence-electron chi connectivity index (χ2n) is 6.51. The smallest absolute Gasteiger partial charge is 0.344 e. The zero-order valence-electron chi connectivity index (χ0n) is 17.2. The summed E-state index contributed by atoms with van der Waals surface area (Å²) in [6, 6.07) is 8.65. The summed E-state index contributed by atoms with van der Waals surface area (Å²) in [5, 5.41) is -0.320. The monoisotopic (exact) mass is 479 g/mol. The van der Waals surface area contributed by atoms with Crippen LogP contribution < -0.4 is 9.47 Å². The second kappa shape index (κ2) is 10.5. The van der Waals surface area contributed by atoms with Crippen LogP contribution in [0.15, 0.2) is 41.3 Å². The molecule has 2 aromatic rings. The Balaban J connectivity index is 1.75. The van der Waals surface area contributed by atoms with Gasteiger partial charge in [0.1, 0.15) is 5.82 Å². The fraction of sp³-hybridized carbons (Fsp3) is 0.227. The second-order valence-corrected chi connectivity index (χ2v) is 7.91. The van der Waals surface area contributed by atoms with Crippen molar-refractivity contribution in [2.75, 3.05) is 20.3 Å². The van der Waals surface area contributed by atoms with Gasteiger partial charge in [0.25, 0.3) is 11.1 Å².